The Morgan fingerprint density at radius 3 is 2.35 bits per heavy atom. The number of hydrogen-bond donors (Lipinski definition) is 1. The van der Waals surface area contributed by atoms with Crippen molar-refractivity contribution >= 4 is 22.5 Å². The minimum atomic E-state index is -0.174. The Morgan fingerprint density at radius 1 is 0.846 bits per heavy atom. The van der Waals surface area contributed by atoms with E-state index in [1.807, 2.05) is 66.7 Å². The third-order valence-corrected chi connectivity index (χ3v) is 3.97. The van der Waals surface area contributed by atoms with Gasteiger partial charge in [0.25, 0.3) is 5.91 Å². The Balaban J connectivity index is 1.67. The van der Waals surface area contributed by atoms with Crippen molar-refractivity contribution in [3.8, 4) is 11.5 Å². The number of para-hydroxylation sites is 2. The molecule has 26 heavy (non-hydrogen) atoms. The molecule has 0 saturated carbocycles. The van der Waals surface area contributed by atoms with Crippen LogP contribution in [-0.4, -0.2) is 10.9 Å². The molecule has 4 rings (SSSR count). The summed E-state index contributed by atoms with van der Waals surface area (Å²) in [5.74, 6) is 1.22. The van der Waals surface area contributed by atoms with E-state index in [1.54, 1.807) is 24.4 Å². The molecule has 1 N–H and O–H groups in total. The topological polar surface area (TPSA) is 51.2 Å². The Hall–Kier alpha value is -3.66. The molecule has 0 radical (unpaired) electrons. The largest absolute Gasteiger partial charge is 0.457 e. The molecule has 0 saturated heterocycles. The molecule has 4 heteroatoms. The predicted octanol–water partition coefficient (Wildman–Crippen LogP) is 5.28. The molecule has 0 unspecified atom stereocenters. The number of carbonyl (C=O) groups is 1. The van der Waals surface area contributed by atoms with E-state index >= 15 is 0 Å². The number of nitrogens with zero attached hydrogens (tertiary/aromatic N) is 1. The van der Waals surface area contributed by atoms with E-state index in [9.17, 15) is 4.79 Å². The summed E-state index contributed by atoms with van der Waals surface area (Å²) >= 11 is 0. The van der Waals surface area contributed by atoms with Crippen molar-refractivity contribution < 1.29 is 9.53 Å². The Kier molecular flexibility index (Phi) is 4.31. The van der Waals surface area contributed by atoms with Crippen LogP contribution in [0.3, 0.4) is 0 Å². The molecule has 1 aromatic heterocycles. The van der Waals surface area contributed by atoms with Gasteiger partial charge in [-0.1, -0.05) is 36.4 Å². The van der Waals surface area contributed by atoms with Gasteiger partial charge in [0.15, 0.2) is 0 Å². The second-order valence-electron chi connectivity index (χ2n) is 5.78. The summed E-state index contributed by atoms with van der Waals surface area (Å²) in [6.45, 7) is 0. The van der Waals surface area contributed by atoms with Crippen LogP contribution >= 0.6 is 0 Å². The molecule has 0 aliphatic heterocycles. The average Bonchev–Trinajstić information content (AvgIpc) is 2.69. The highest BCUT2D eigenvalue weighted by Crippen LogP contribution is 2.29. The summed E-state index contributed by atoms with van der Waals surface area (Å²) in [4.78, 5) is 16.9. The SMILES string of the molecule is O=C(Nc1ccccc1)c1ccc2nccc(Oc3ccccc3)c2c1. The van der Waals surface area contributed by atoms with E-state index in [0.717, 1.165) is 22.3 Å². The van der Waals surface area contributed by atoms with E-state index in [-0.39, 0.29) is 5.91 Å². The van der Waals surface area contributed by atoms with Crippen LogP contribution in [0, 0.1) is 0 Å². The number of ether oxygens (including phenoxy) is 1. The van der Waals surface area contributed by atoms with E-state index < -0.39 is 0 Å². The molecule has 0 atom stereocenters. The van der Waals surface area contributed by atoms with Gasteiger partial charge in [-0.15, -0.1) is 0 Å². The minimum Gasteiger partial charge on any atom is -0.457 e. The third kappa shape index (κ3) is 3.39. The van der Waals surface area contributed by atoms with Gasteiger partial charge in [-0.05, 0) is 48.5 Å². The minimum absolute atomic E-state index is 0.174. The third-order valence-electron chi connectivity index (χ3n) is 3.97. The normalized spacial score (nSPS) is 10.5. The van der Waals surface area contributed by atoms with Gasteiger partial charge in [-0.3, -0.25) is 9.78 Å². The zero-order valence-corrected chi connectivity index (χ0v) is 13.9. The highest BCUT2D eigenvalue weighted by molar-refractivity contribution is 6.06. The molecule has 1 heterocycles. The Labute approximate surface area is 151 Å². The lowest BCUT2D eigenvalue weighted by Gasteiger charge is -2.10. The fourth-order valence-electron chi connectivity index (χ4n) is 2.69. The molecule has 0 fully saturated rings. The first-order chi connectivity index (χ1) is 12.8. The quantitative estimate of drug-likeness (QED) is 0.550. The molecular weight excluding hydrogens is 324 g/mol. The Bertz CT molecular complexity index is 1050. The van der Waals surface area contributed by atoms with Crippen molar-refractivity contribution in [1.82, 2.24) is 4.98 Å². The van der Waals surface area contributed by atoms with E-state index in [1.165, 1.54) is 0 Å². The summed E-state index contributed by atoms with van der Waals surface area (Å²) in [5, 5.41) is 3.68. The maximum atomic E-state index is 12.6. The maximum Gasteiger partial charge on any atom is 0.255 e. The molecule has 3 aromatic carbocycles. The van der Waals surface area contributed by atoms with Crippen molar-refractivity contribution in [2.45, 2.75) is 0 Å². The lowest BCUT2D eigenvalue weighted by atomic mass is 10.1. The van der Waals surface area contributed by atoms with Crippen LogP contribution in [0.4, 0.5) is 5.69 Å². The van der Waals surface area contributed by atoms with Crippen LogP contribution in [0.15, 0.2) is 91.1 Å². The van der Waals surface area contributed by atoms with Crippen LogP contribution in [0.5, 0.6) is 11.5 Å². The average molecular weight is 340 g/mol. The molecule has 0 bridgehead atoms. The van der Waals surface area contributed by atoms with Crippen molar-refractivity contribution in [2.75, 3.05) is 5.32 Å². The number of hydrogen-bond acceptors (Lipinski definition) is 3. The molecule has 4 aromatic rings. The van der Waals surface area contributed by atoms with Gasteiger partial charge in [0.1, 0.15) is 11.5 Å². The van der Waals surface area contributed by atoms with Gasteiger partial charge in [-0.2, -0.15) is 0 Å². The molecule has 0 aliphatic carbocycles. The van der Waals surface area contributed by atoms with Crippen LogP contribution in [0.1, 0.15) is 10.4 Å². The summed E-state index contributed by atoms with van der Waals surface area (Å²) in [5.41, 5.74) is 2.08. The van der Waals surface area contributed by atoms with Crippen molar-refractivity contribution in [1.29, 1.82) is 0 Å². The van der Waals surface area contributed by atoms with Gasteiger partial charge in [0.05, 0.1) is 5.52 Å². The van der Waals surface area contributed by atoms with Crippen molar-refractivity contribution in [3.05, 3.63) is 96.7 Å². The Morgan fingerprint density at radius 2 is 1.58 bits per heavy atom. The maximum absolute atomic E-state index is 12.6. The molecule has 4 nitrogen and oxygen atoms in total. The van der Waals surface area contributed by atoms with Crippen molar-refractivity contribution in [2.24, 2.45) is 0 Å². The second kappa shape index (κ2) is 7.07. The van der Waals surface area contributed by atoms with Gasteiger partial charge < -0.3 is 10.1 Å². The zero-order chi connectivity index (χ0) is 17.8. The number of amides is 1. The van der Waals surface area contributed by atoms with E-state index in [4.69, 9.17) is 4.74 Å². The van der Waals surface area contributed by atoms with Crippen LogP contribution in [-0.2, 0) is 0 Å². The van der Waals surface area contributed by atoms with E-state index in [2.05, 4.69) is 10.3 Å². The molecular formula is C22H16N2O2. The van der Waals surface area contributed by atoms with Crippen LogP contribution in [0.2, 0.25) is 0 Å². The molecule has 0 spiro atoms. The summed E-state index contributed by atoms with van der Waals surface area (Å²) in [6, 6.07) is 26.1. The number of aromatic nitrogens is 1. The number of pyridine rings is 1. The predicted molar refractivity (Wildman–Crippen MR) is 103 cm³/mol. The number of nitrogens with one attached hydrogen (secondary N) is 1. The van der Waals surface area contributed by atoms with Crippen molar-refractivity contribution in [3.63, 3.8) is 0 Å². The smallest absolute Gasteiger partial charge is 0.255 e. The lowest BCUT2D eigenvalue weighted by molar-refractivity contribution is 0.102. The van der Waals surface area contributed by atoms with Crippen LogP contribution < -0.4 is 10.1 Å². The number of benzene rings is 3. The highest BCUT2D eigenvalue weighted by atomic mass is 16.5. The zero-order valence-electron chi connectivity index (χ0n) is 13.9. The lowest BCUT2D eigenvalue weighted by Crippen LogP contribution is -2.11. The number of anilines is 1. The molecule has 126 valence electrons. The second-order valence-corrected chi connectivity index (χ2v) is 5.78. The standard InChI is InChI=1S/C22H16N2O2/c25-22(24-17-7-3-1-4-8-17)16-11-12-20-19(15-16)21(13-14-23-20)26-18-9-5-2-6-10-18/h1-15H,(H,24,25). The van der Waals surface area contributed by atoms with Crippen LogP contribution in [0.25, 0.3) is 10.9 Å². The van der Waals surface area contributed by atoms with Gasteiger partial charge in [-0.25, -0.2) is 0 Å². The van der Waals surface area contributed by atoms with Gasteiger partial charge in [0, 0.05) is 22.8 Å². The molecule has 0 aliphatic rings. The van der Waals surface area contributed by atoms with E-state index in [0.29, 0.717) is 11.3 Å². The summed E-state index contributed by atoms with van der Waals surface area (Å²) in [6.07, 6.45) is 1.70. The first-order valence-corrected chi connectivity index (χ1v) is 8.28. The number of fused-ring (bicyclic) bond motifs is 1. The monoisotopic (exact) mass is 340 g/mol. The fourth-order valence-corrected chi connectivity index (χ4v) is 2.69. The molecule has 1 amide bonds. The first kappa shape index (κ1) is 15.8. The number of carbonyl (C=O) groups excluding carboxylic acids is 1. The fraction of sp³-hybridized carbons (Fsp3) is 0. The summed E-state index contributed by atoms with van der Waals surface area (Å²) < 4.78 is 5.97. The van der Waals surface area contributed by atoms with Gasteiger partial charge >= 0.3 is 0 Å². The summed E-state index contributed by atoms with van der Waals surface area (Å²) in [7, 11) is 0. The van der Waals surface area contributed by atoms with Gasteiger partial charge in [0.2, 0.25) is 0 Å². The highest BCUT2D eigenvalue weighted by Gasteiger charge is 2.10. The first-order valence-electron chi connectivity index (χ1n) is 8.28. The number of rotatable bonds is 4.